The van der Waals surface area contributed by atoms with Crippen molar-refractivity contribution in [2.45, 2.75) is 59.5 Å². The van der Waals surface area contributed by atoms with Crippen LogP contribution in [0.3, 0.4) is 0 Å². The summed E-state index contributed by atoms with van der Waals surface area (Å²) in [4.78, 5) is 31.6. The maximum absolute atomic E-state index is 11.8. The summed E-state index contributed by atoms with van der Waals surface area (Å²) < 4.78 is 0. The number of unbranched alkanes of at least 4 members (excludes halogenated alkanes) is 1. The lowest BCUT2D eigenvalue weighted by Crippen LogP contribution is -2.42. The predicted molar refractivity (Wildman–Crippen MR) is 80.9 cm³/mol. The van der Waals surface area contributed by atoms with Gasteiger partial charge < -0.3 is 11.1 Å². The zero-order chi connectivity index (χ0) is 18.5. The number of carbonyl (C=O) groups excluding carboxylic acids is 2. The monoisotopic (exact) mass is 352 g/mol. The van der Waals surface area contributed by atoms with Gasteiger partial charge in [-0.05, 0) is 24.8 Å². The first-order chi connectivity index (χ1) is 11.3. The van der Waals surface area contributed by atoms with Crippen molar-refractivity contribution >= 4 is 11.9 Å². The van der Waals surface area contributed by atoms with Crippen LogP contribution in [0.2, 0.25) is 0 Å². The van der Waals surface area contributed by atoms with Crippen molar-refractivity contribution in [3.05, 3.63) is 0 Å². The SMILES string of the molecule is CCCCN[C@H](C(=O)OOOOOOC(=O)[C@@H](N)C(C)C)C(C)C. The Bertz CT molecular complexity index is 365. The highest BCUT2D eigenvalue weighted by atomic mass is 17.8. The molecule has 0 aromatic heterocycles. The van der Waals surface area contributed by atoms with E-state index >= 15 is 0 Å². The Morgan fingerprint density at radius 3 is 1.92 bits per heavy atom. The number of hydrogen-bond donors (Lipinski definition) is 2. The largest absolute Gasteiger partial charge is 0.362 e. The summed E-state index contributed by atoms with van der Waals surface area (Å²) in [6.07, 6.45) is 1.92. The van der Waals surface area contributed by atoms with E-state index in [4.69, 9.17) is 5.73 Å². The molecule has 0 radical (unpaired) electrons. The van der Waals surface area contributed by atoms with Gasteiger partial charge in [-0.1, -0.05) is 41.0 Å². The van der Waals surface area contributed by atoms with E-state index in [9.17, 15) is 9.59 Å². The van der Waals surface area contributed by atoms with Gasteiger partial charge in [0.05, 0.1) is 0 Å². The van der Waals surface area contributed by atoms with Crippen LogP contribution in [-0.4, -0.2) is 30.6 Å². The van der Waals surface area contributed by atoms with Crippen LogP contribution in [0.15, 0.2) is 0 Å². The molecule has 0 aromatic rings. The number of carbonyl (C=O) groups is 2. The fourth-order valence-corrected chi connectivity index (χ4v) is 1.52. The minimum atomic E-state index is -0.881. The molecule has 0 unspecified atom stereocenters. The average Bonchev–Trinajstić information content (AvgIpc) is 2.53. The van der Waals surface area contributed by atoms with Gasteiger partial charge in [0.2, 0.25) is 0 Å². The first-order valence-corrected chi connectivity index (χ1v) is 7.89. The van der Waals surface area contributed by atoms with Crippen molar-refractivity contribution < 1.29 is 39.5 Å². The summed E-state index contributed by atoms with van der Waals surface area (Å²) in [6, 6.07) is -1.45. The third-order valence-electron chi connectivity index (χ3n) is 3.12. The molecule has 0 aliphatic carbocycles. The zero-order valence-corrected chi connectivity index (χ0v) is 14.8. The Kier molecular flexibility index (Phi) is 12.3. The van der Waals surface area contributed by atoms with Crippen LogP contribution >= 0.6 is 0 Å². The molecule has 0 amide bonds. The molecule has 2 atom stereocenters. The molecule has 0 heterocycles. The quantitative estimate of drug-likeness (QED) is 0.282. The fourth-order valence-electron chi connectivity index (χ4n) is 1.52. The summed E-state index contributed by atoms with van der Waals surface area (Å²) in [5.74, 6) is -1.71. The Morgan fingerprint density at radius 2 is 1.46 bits per heavy atom. The molecule has 3 N–H and O–H groups in total. The molecule has 0 rings (SSSR count). The molecule has 24 heavy (non-hydrogen) atoms. The van der Waals surface area contributed by atoms with Gasteiger partial charge in [-0.2, -0.15) is 0 Å². The van der Waals surface area contributed by atoms with Gasteiger partial charge in [0, 0.05) is 20.2 Å². The van der Waals surface area contributed by atoms with Gasteiger partial charge in [0.1, 0.15) is 12.1 Å². The third kappa shape index (κ3) is 9.75. The highest BCUT2D eigenvalue weighted by Crippen LogP contribution is 2.05. The number of nitrogens with one attached hydrogen (secondary N) is 1. The lowest BCUT2D eigenvalue weighted by Gasteiger charge is -2.18. The molecule has 142 valence electrons. The molecule has 0 saturated heterocycles. The average molecular weight is 352 g/mol. The second kappa shape index (κ2) is 13.0. The van der Waals surface area contributed by atoms with Crippen LogP contribution in [0.5, 0.6) is 0 Å². The van der Waals surface area contributed by atoms with Crippen molar-refractivity contribution in [1.82, 2.24) is 5.32 Å². The highest BCUT2D eigenvalue weighted by molar-refractivity contribution is 5.75. The minimum Gasteiger partial charge on any atom is -0.318 e. The van der Waals surface area contributed by atoms with Gasteiger partial charge in [0.25, 0.3) is 0 Å². The smallest absolute Gasteiger partial charge is 0.318 e. The van der Waals surface area contributed by atoms with Gasteiger partial charge in [-0.3, -0.25) is 9.78 Å². The first-order valence-electron chi connectivity index (χ1n) is 7.89. The lowest BCUT2D eigenvalue weighted by atomic mass is 10.0. The van der Waals surface area contributed by atoms with Gasteiger partial charge in [0.15, 0.2) is 0 Å². The van der Waals surface area contributed by atoms with Gasteiger partial charge >= 0.3 is 11.9 Å². The van der Waals surface area contributed by atoms with Crippen LogP contribution in [0, 0.1) is 11.8 Å². The van der Waals surface area contributed by atoms with Crippen molar-refractivity contribution in [3.8, 4) is 0 Å². The number of hydrogen-bond acceptors (Lipinski definition) is 10. The minimum absolute atomic E-state index is 0.0198. The Labute approximate surface area is 141 Å². The van der Waals surface area contributed by atoms with E-state index in [0.29, 0.717) is 6.54 Å². The van der Waals surface area contributed by atoms with Crippen molar-refractivity contribution in [3.63, 3.8) is 0 Å². The van der Waals surface area contributed by atoms with Crippen LogP contribution < -0.4 is 11.1 Å². The highest BCUT2D eigenvalue weighted by Gasteiger charge is 2.25. The van der Waals surface area contributed by atoms with E-state index in [-0.39, 0.29) is 11.8 Å². The third-order valence-corrected chi connectivity index (χ3v) is 3.12. The summed E-state index contributed by atoms with van der Waals surface area (Å²) in [5, 5.41) is 18.9. The second-order valence-electron chi connectivity index (χ2n) is 5.88. The molecule has 0 aromatic carbocycles. The van der Waals surface area contributed by atoms with E-state index in [1.807, 2.05) is 20.8 Å². The van der Waals surface area contributed by atoms with Crippen LogP contribution in [0.4, 0.5) is 0 Å². The Balaban J connectivity index is 3.88. The standard InChI is InChI=1S/C14H28N2O8/c1-6-7-8-16-12(10(4)5)14(18)20-22-24-23-21-19-13(17)11(15)9(2)3/h9-12,16H,6-8,15H2,1-5H3/t11-,12-/m0/s1. The fraction of sp³-hybridized carbons (Fsp3) is 0.857. The van der Waals surface area contributed by atoms with Gasteiger partial charge in [-0.15, -0.1) is 0 Å². The lowest BCUT2D eigenvalue weighted by molar-refractivity contribution is -0.742. The van der Waals surface area contributed by atoms with Crippen molar-refractivity contribution in [1.29, 1.82) is 0 Å². The molecule has 0 bridgehead atoms. The topological polar surface area (TPSA) is 128 Å². The first kappa shape index (κ1) is 22.7. The normalized spacial score (nSPS) is 13.8. The molecule has 0 aliphatic heterocycles. The predicted octanol–water partition coefficient (Wildman–Crippen LogP) is 1.11. The number of nitrogens with two attached hydrogens (primary N) is 1. The molecule has 0 spiro atoms. The van der Waals surface area contributed by atoms with E-state index in [2.05, 4.69) is 35.2 Å². The summed E-state index contributed by atoms with van der Waals surface area (Å²) in [5.41, 5.74) is 5.49. The van der Waals surface area contributed by atoms with Crippen molar-refractivity contribution in [2.75, 3.05) is 6.54 Å². The summed E-state index contributed by atoms with van der Waals surface area (Å²) >= 11 is 0. The molecule has 10 nitrogen and oxygen atoms in total. The Hall–Kier alpha value is -1.30. The molecule has 0 aliphatic rings. The molecule has 0 saturated carbocycles. The van der Waals surface area contributed by atoms with Gasteiger partial charge in [-0.25, -0.2) is 9.59 Å². The Morgan fingerprint density at radius 1 is 0.917 bits per heavy atom. The van der Waals surface area contributed by atoms with Crippen LogP contribution in [-0.2, 0) is 39.5 Å². The summed E-state index contributed by atoms with van der Waals surface area (Å²) in [7, 11) is 0. The zero-order valence-electron chi connectivity index (χ0n) is 14.8. The number of rotatable bonds is 13. The maximum Gasteiger partial charge on any atom is 0.362 e. The van der Waals surface area contributed by atoms with Crippen LogP contribution in [0.25, 0.3) is 0 Å². The molecule has 10 heteroatoms. The van der Waals surface area contributed by atoms with E-state index in [1.54, 1.807) is 13.8 Å². The summed E-state index contributed by atoms with van der Waals surface area (Å²) in [6.45, 7) is 9.86. The second-order valence-corrected chi connectivity index (χ2v) is 5.88. The van der Waals surface area contributed by atoms with Crippen LogP contribution in [0.1, 0.15) is 47.5 Å². The molecular formula is C14H28N2O8. The van der Waals surface area contributed by atoms with E-state index < -0.39 is 24.0 Å². The van der Waals surface area contributed by atoms with E-state index in [1.165, 1.54) is 0 Å². The van der Waals surface area contributed by atoms with Crippen molar-refractivity contribution in [2.24, 2.45) is 17.6 Å². The molecular weight excluding hydrogens is 324 g/mol. The molecule has 0 fully saturated rings. The van der Waals surface area contributed by atoms with E-state index in [0.717, 1.165) is 12.8 Å². The maximum atomic E-state index is 11.8.